The van der Waals surface area contributed by atoms with Crippen LogP contribution in [0, 0.1) is 18.6 Å². The minimum atomic E-state index is -5.08. The Hall–Kier alpha value is -4.43. The number of nitrogens with zero attached hydrogens (tertiary/aromatic N) is 2. The SMILES string of the molecule is Cc1nc2c(OCc3c(F)cccc3F)cccn2c1C(=O)NCCC(C)(C)NC(=O)O.O=C(O)C(F)(F)F. The van der Waals surface area contributed by atoms with Crippen LogP contribution in [0.1, 0.15) is 42.0 Å². The second-order valence-corrected chi connectivity index (χ2v) is 8.72. The van der Waals surface area contributed by atoms with Gasteiger partial charge in [-0.1, -0.05) is 6.07 Å². The van der Waals surface area contributed by atoms with Crippen molar-refractivity contribution < 1.29 is 51.3 Å². The van der Waals surface area contributed by atoms with Gasteiger partial charge in [-0.3, -0.25) is 9.20 Å². The second-order valence-electron chi connectivity index (χ2n) is 8.72. The van der Waals surface area contributed by atoms with E-state index < -0.39 is 41.3 Å². The van der Waals surface area contributed by atoms with E-state index in [0.717, 1.165) is 12.1 Å². The fourth-order valence-electron chi connectivity index (χ4n) is 3.29. The number of rotatable bonds is 8. The molecule has 1 aromatic carbocycles. The lowest BCUT2D eigenvalue weighted by atomic mass is 10.0. The summed E-state index contributed by atoms with van der Waals surface area (Å²) >= 11 is 0. The summed E-state index contributed by atoms with van der Waals surface area (Å²) in [5.41, 5.74) is 0.148. The topological polar surface area (TPSA) is 142 Å². The molecule has 0 radical (unpaired) electrons. The molecule has 212 valence electrons. The summed E-state index contributed by atoms with van der Waals surface area (Å²) in [6, 6.07) is 6.81. The molecule has 0 aliphatic rings. The van der Waals surface area contributed by atoms with Gasteiger partial charge in [0, 0.05) is 18.3 Å². The molecule has 3 aromatic rings. The number of aryl methyl sites for hydroxylation is 1. The monoisotopic (exact) mass is 560 g/mol. The van der Waals surface area contributed by atoms with Crippen LogP contribution in [0.4, 0.5) is 26.7 Å². The zero-order chi connectivity index (χ0) is 29.5. The van der Waals surface area contributed by atoms with Gasteiger partial charge in [0.15, 0.2) is 11.4 Å². The van der Waals surface area contributed by atoms with Crippen LogP contribution in [-0.2, 0) is 11.4 Å². The van der Waals surface area contributed by atoms with Crippen LogP contribution < -0.4 is 15.4 Å². The van der Waals surface area contributed by atoms with Crippen molar-refractivity contribution in [2.24, 2.45) is 0 Å². The molecule has 0 bridgehead atoms. The number of imidazole rings is 1. The second kappa shape index (κ2) is 12.4. The van der Waals surface area contributed by atoms with Crippen molar-refractivity contribution >= 4 is 23.6 Å². The maximum absolute atomic E-state index is 13.9. The number of alkyl halides is 3. The third-order valence-electron chi connectivity index (χ3n) is 5.16. The molecular formula is C24H25F5N4O6. The molecule has 15 heteroatoms. The fraction of sp³-hybridized carbons (Fsp3) is 0.333. The third kappa shape index (κ3) is 8.55. The first-order valence-corrected chi connectivity index (χ1v) is 11.2. The van der Waals surface area contributed by atoms with E-state index in [4.69, 9.17) is 19.7 Å². The van der Waals surface area contributed by atoms with E-state index in [1.54, 1.807) is 43.5 Å². The lowest BCUT2D eigenvalue weighted by Crippen LogP contribution is -2.45. The molecule has 2 heterocycles. The summed E-state index contributed by atoms with van der Waals surface area (Å²) < 4.78 is 66.7. The van der Waals surface area contributed by atoms with E-state index in [-0.39, 0.29) is 30.2 Å². The first-order valence-electron chi connectivity index (χ1n) is 11.2. The number of aromatic nitrogens is 2. The number of benzene rings is 1. The number of halogens is 5. The van der Waals surface area contributed by atoms with Crippen molar-refractivity contribution in [2.45, 2.75) is 45.5 Å². The molecule has 0 saturated heterocycles. The number of nitrogens with one attached hydrogen (secondary N) is 2. The zero-order valence-corrected chi connectivity index (χ0v) is 20.9. The number of pyridine rings is 1. The average molecular weight is 560 g/mol. The first kappa shape index (κ1) is 30.8. The predicted molar refractivity (Wildman–Crippen MR) is 126 cm³/mol. The molecule has 39 heavy (non-hydrogen) atoms. The number of fused-ring (bicyclic) bond motifs is 1. The van der Waals surface area contributed by atoms with Gasteiger partial charge in [0.05, 0.1) is 11.3 Å². The molecule has 0 fully saturated rings. The van der Waals surface area contributed by atoms with Gasteiger partial charge >= 0.3 is 18.2 Å². The van der Waals surface area contributed by atoms with Gasteiger partial charge in [0.25, 0.3) is 5.91 Å². The van der Waals surface area contributed by atoms with Gasteiger partial charge in [-0.25, -0.2) is 23.4 Å². The van der Waals surface area contributed by atoms with E-state index in [1.807, 2.05) is 0 Å². The molecule has 10 nitrogen and oxygen atoms in total. The number of hydrogen-bond donors (Lipinski definition) is 4. The summed E-state index contributed by atoms with van der Waals surface area (Å²) in [5.74, 6) is -4.30. The summed E-state index contributed by atoms with van der Waals surface area (Å²) in [5, 5.41) is 21.2. The van der Waals surface area contributed by atoms with E-state index in [0.29, 0.717) is 17.8 Å². The van der Waals surface area contributed by atoms with Crippen LogP contribution in [0.25, 0.3) is 5.65 Å². The largest absolute Gasteiger partial charge is 0.490 e. The molecule has 0 atom stereocenters. The van der Waals surface area contributed by atoms with Gasteiger partial charge in [-0.15, -0.1) is 0 Å². The van der Waals surface area contributed by atoms with Crippen molar-refractivity contribution in [3.8, 4) is 5.75 Å². The van der Waals surface area contributed by atoms with Gasteiger partial charge in [-0.05, 0) is 51.5 Å². The van der Waals surface area contributed by atoms with Crippen molar-refractivity contribution in [1.29, 1.82) is 0 Å². The van der Waals surface area contributed by atoms with Crippen LogP contribution in [0.15, 0.2) is 36.5 Å². The number of amides is 2. The molecule has 0 saturated carbocycles. The Morgan fingerprint density at radius 1 is 1.05 bits per heavy atom. The first-order chi connectivity index (χ1) is 18.0. The Morgan fingerprint density at radius 3 is 2.18 bits per heavy atom. The van der Waals surface area contributed by atoms with Gasteiger partial charge in [0.1, 0.15) is 23.9 Å². The molecule has 3 rings (SSSR count). The lowest BCUT2D eigenvalue weighted by Gasteiger charge is -2.24. The summed E-state index contributed by atoms with van der Waals surface area (Å²) in [7, 11) is 0. The lowest BCUT2D eigenvalue weighted by molar-refractivity contribution is -0.192. The van der Waals surface area contributed by atoms with Crippen molar-refractivity contribution in [2.75, 3.05) is 6.54 Å². The van der Waals surface area contributed by atoms with Crippen LogP contribution in [0.5, 0.6) is 5.75 Å². The minimum Gasteiger partial charge on any atom is -0.485 e. The molecule has 2 amide bonds. The van der Waals surface area contributed by atoms with Gasteiger partial charge in [-0.2, -0.15) is 13.2 Å². The normalized spacial score (nSPS) is 11.4. The Kier molecular flexibility index (Phi) is 9.80. The Labute approximate surface area is 218 Å². The summed E-state index contributed by atoms with van der Waals surface area (Å²) in [4.78, 5) is 36.9. The summed E-state index contributed by atoms with van der Waals surface area (Å²) in [6.45, 7) is 5.00. The number of carboxylic acid groups (broad SMARTS) is 2. The Balaban J connectivity index is 0.000000673. The van der Waals surface area contributed by atoms with Crippen LogP contribution >= 0.6 is 0 Å². The molecule has 2 aromatic heterocycles. The van der Waals surface area contributed by atoms with Crippen LogP contribution in [0.2, 0.25) is 0 Å². The van der Waals surface area contributed by atoms with Gasteiger partial charge < -0.3 is 25.6 Å². The van der Waals surface area contributed by atoms with Gasteiger partial charge in [0.2, 0.25) is 0 Å². The average Bonchev–Trinajstić information content (AvgIpc) is 3.14. The maximum atomic E-state index is 13.9. The highest BCUT2D eigenvalue weighted by Gasteiger charge is 2.38. The van der Waals surface area contributed by atoms with Crippen LogP contribution in [-0.4, -0.2) is 55.8 Å². The standard InChI is InChI=1S/C22H24F2N4O4.C2HF3O2/c1-13-18(20(29)25-10-9-22(2,3)27-21(30)31)28-11-5-8-17(19(28)26-13)32-12-14-15(23)6-4-7-16(14)24;3-2(4,5)1(6)7/h4-8,11,27H,9-10,12H2,1-3H3,(H,25,29)(H,30,31);(H,6,7). The fourth-order valence-corrected chi connectivity index (χ4v) is 3.29. The molecule has 0 unspecified atom stereocenters. The number of carbonyl (C=O) groups excluding carboxylic acids is 1. The van der Waals surface area contributed by atoms with Crippen molar-refractivity contribution in [3.05, 3.63) is 65.1 Å². The molecule has 0 spiro atoms. The zero-order valence-electron chi connectivity index (χ0n) is 20.9. The number of ether oxygens (including phenoxy) is 1. The molecular weight excluding hydrogens is 535 g/mol. The van der Waals surface area contributed by atoms with E-state index in [1.165, 1.54) is 6.07 Å². The van der Waals surface area contributed by atoms with E-state index in [2.05, 4.69) is 15.6 Å². The number of carbonyl (C=O) groups is 3. The number of hydrogen-bond acceptors (Lipinski definition) is 5. The Bertz CT molecular complexity index is 1340. The van der Waals surface area contributed by atoms with Crippen molar-refractivity contribution in [3.63, 3.8) is 0 Å². The highest BCUT2D eigenvalue weighted by Crippen LogP contribution is 2.24. The highest BCUT2D eigenvalue weighted by atomic mass is 19.4. The predicted octanol–water partition coefficient (Wildman–Crippen LogP) is 4.30. The van der Waals surface area contributed by atoms with Crippen LogP contribution in [0.3, 0.4) is 0 Å². The van der Waals surface area contributed by atoms with Crippen molar-refractivity contribution in [1.82, 2.24) is 20.0 Å². The molecule has 0 aliphatic carbocycles. The third-order valence-corrected chi connectivity index (χ3v) is 5.16. The molecule has 0 aliphatic heterocycles. The number of aliphatic carboxylic acids is 1. The van der Waals surface area contributed by atoms with E-state index in [9.17, 15) is 31.5 Å². The summed E-state index contributed by atoms with van der Waals surface area (Å²) in [6.07, 6.45) is -4.21. The van der Waals surface area contributed by atoms with E-state index >= 15 is 0 Å². The highest BCUT2D eigenvalue weighted by molar-refractivity contribution is 5.95. The Morgan fingerprint density at radius 2 is 1.64 bits per heavy atom. The smallest absolute Gasteiger partial charge is 0.485 e. The minimum absolute atomic E-state index is 0.201. The quantitative estimate of drug-likeness (QED) is 0.301. The maximum Gasteiger partial charge on any atom is 0.490 e. The number of carboxylic acids is 1. The molecule has 4 N–H and O–H groups in total.